The Bertz CT molecular complexity index is 971. The highest BCUT2D eigenvalue weighted by atomic mass is 16.5. The Labute approximate surface area is 182 Å². The van der Waals surface area contributed by atoms with Crippen LogP contribution in [0.3, 0.4) is 0 Å². The van der Waals surface area contributed by atoms with E-state index in [0.29, 0.717) is 31.3 Å². The van der Waals surface area contributed by atoms with Crippen molar-refractivity contribution in [2.75, 3.05) is 32.8 Å². The molecule has 2 aromatic rings. The third-order valence-electron chi connectivity index (χ3n) is 6.47. The highest BCUT2D eigenvalue weighted by Crippen LogP contribution is 2.32. The van der Waals surface area contributed by atoms with E-state index in [2.05, 4.69) is 17.1 Å². The normalized spacial score (nSPS) is 23.8. The molecular formula is C24H27N3O4. The Kier molecular flexibility index (Phi) is 5.36. The molecule has 0 spiro atoms. The Hall–Kier alpha value is -2.93. The molecule has 3 fully saturated rings. The number of hydrogen-bond acceptors (Lipinski definition) is 5. The first-order chi connectivity index (χ1) is 15.0. The van der Waals surface area contributed by atoms with Crippen molar-refractivity contribution in [1.29, 1.82) is 0 Å². The molecule has 31 heavy (non-hydrogen) atoms. The largest absolute Gasteiger partial charge is 0.439 e. The summed E-state index contributed by atoms with van der Waals surface area (Å²) in [7, 11) is 0. The van der Waals surface area contributed by atoms with E-state index in [-0.39, 0.29) is 30.4 Å². The molecule has 1 aromatic carbocycles. The lowest BCUT2D eigenvalue weighted by Crippen LogP contribution is -2.58. The van der Waals surface area contributed by atoms with Gasteiger partial charge in [-0.1, -0.05) is 18.2 Å². The lowest BCUT2D eigenvalue weighted by Gasteiger charge is -2.46. The molecule has 1 aromatic heterocycles. The molecule has 3 aliphatic heterocycles. The fourth-order valence-corrected chi connectivity index (χ4v) is 4.70. The molecule has 0 bridgehead atoms. The van der Waals surface area contributed by atoms with Gasteiger partial charge in [-0.15, -0.1) is 0 Å². The Morgan fingerprint density at radius 2 is 1.90 bits per heavy atom. The maximum absolute atomic E-state index is 12.9. The van der Waals surface area contributed by atoms with Crippen LogP contribution in [0, 0.1) is 12.8 Å². The number of urea groups is 1. The van der Waals surface area contributed by atoms with Gasteiger partial charge >= 0.3 is 6.03 Å². The summed E-state index contributed by atoms with van der Waals surface area (Å²) in [4.78, 5) is 32.7. The number of aryl methyl sites for hydroxylation is 1. The number of pyridine rings is 1. The Morgan fingerprint density at radius 1 is 1.10 bits per heavy atom. The summed E-state index contributed by atoms with van der Waals surface area (Å²) in [5.41, 5.74) is 2.12. The fraction of sp³-hybridized carbons (Fsp3) is 0.458. The minimum absolute atomic E-state index is 0.0817. The van der Waals surface area contributed by atoms with Crippen LogP contribution in [0.2, 0.25) is 0 Å². The van der Waals surface area contributed by atoms with E-state index in [9.17, 15) is 9.59 Å². The van der Waals surface area contributed by atoms with Crippen molar-refractivity contribution in [3.63, 3.8) is 0 Å². The van der Waals surface area contributed by atoms with E-state index in [1.165, 1.54) is 5.56 Å². The summed E-state index contributed by atoms with van der Waals surface area (Å²) in [6, 6.07) is 13.8. The first kappa shape index (κ1) is 20.0. The van der Waals surface area contributed by atoms with E-state index < -0.39 is 0 Å². The molecule has 3 aliphatic rings. The van der Waals surface area contributed by atoms with Gasteiger partial charge in [0.15, 0.2) is 5.78 Å². The van der Waals surface area contributed by atoms with E-state index in [1.54, 1.807) is 0 Å². The van der Waals surface area contributed by atoms with Crippen LogP contribution in [0.25, 0.3) is 0 Å². The number of Topliss-reactive ketones (excluding diaryl/α,β-unsaturated/α-hetero) is 1. The number of rotatable bonds is 3. The molecule has 2 amide bonds. The fourth-order valence-electron chi connectivity index (χ4n) is 4.70. The van der Waals surface area contributed by atoms with E-state index in [4.69, 9.17) is 9.47 Å². The zero-order valence-electron chi connectivity index (χ0n) is 17.7. The average molecular weight is 421 g/mol. The average Bonchev–Trinajstić information content (AvgIpc) is 2.73. The molecule has 2 atom stereocenters. The number of piperidine rings is 1. The Morgan fingerprint density at radius 3 is 2.68 bits per heavy atom. The molecule has 4 heterocycles. The minimum Gasteiger partial charge on any atom is -0.439 e. The van der Waals surface area contributed by atoms with Crippen molar-refractivity contribution in [3.8, 4) is 11.6 Å². The molecule has 3 saturated heterocycles. The molecule has 0 N–H and O–H groups in total. The standard InChI is InChI=1S/C24H27N3O4/c1-16-3-2-4-23(25-16)31-21-7-5-17(6-8-21)19-13-27(14-19)24(29)26-10-9-22-18(12-26)11-20(28)15-30-22/h2-8,18-19,22H,9-15H2,1H3/t18-,22+/m1/s1. The van der Waals surface area contributed by atoms with Crippen molar-refractivity contribution in [2.24, 2.45) is 5.92 Å². The number of benzene rings is 1. The highest BCUT2D eigenvalue weighted by Gasteiger charge is 2.40. The van der Waals surface area contributed by atoms with Crippen LogP contribution < -0.4 is 4.74 Å². The zero-order chi connectivity index (χ0) is 21.4. The second-order valence-corrected chi connectivity index (χ2v) is 8.76. The number of ketones is 1. The molecule has 5 rings (SSSR count). The summed E-state index contributed by atoms with van der Waals surface area (Å²) < 4.78 is 11.5. The van der Waals surface area contributed by atoms with E-state index >= 15 is 0 Å². The van der Waals surface area contributed by atoms with Gasteiger partial charge in [-0.2, -0.15) is 0 Å². The van der Waals surface area contributed by atoms with Crippen LogP contribution in [0.1, 0.15) is 30.0 Å². The van der Waals surface area contributed by atoms with Crippen molar-refractivity contribution in [3.05, 3.63) is 53.7 Å². The summed E-state index contributed by atoms with van der Waals surface area (Å²) in [5, 5.41) is 0. The smallest absolute Gasteiger partial charge is 0.320 e. The lowest BCUT2D eigenvalue weighted by molar-refractivity contribution is -0.140. The summed E-state index contributed by atoms with van der Waals surface area (Å²) in [5.74, 6) is 1.96. The SMILES string of the molecule is Cc1cccc(Oc2ccc(C3CN(C(=O)N4CC[C@@H]5OCC(=O)C[C@@H]5C4)C3)cc2)n1. The topological polar surface area (TPSA) is 72.0 Å². The molecule has 0 unspecified atom stereocenters. The van der Waals surface area contributed by atoms with E-state index in [0.717, 1.165) is 31.0 Å². The van der Waals surface area contributed by atoms with Crippen LogP contribution in [-0.4, -0.2) is 65.5 Å². The number of likely N-dealkylation sites (tertiary alicyclic amines) is 2. The lowest BCUT2D eigenvalue weighted by atomic mass is 9.87. The van der Waals surface area contributed by atoms with Crippen LogP contribution in [0.5, 0.6) is 11.6 Å². The molecule has 0 saturated carbocycles. The number of nitrogens with zero attached hydrogens (tertiary/aromatic N) is 3. The third kappa shape index (κ3) is 4.28. The maximum atomic E-state index is 12.9. The summed E-state index contributed by atoms with van der Waals surface area (Å²) in [6.07, 6.45) is 1.48. The van der Waals surface area contributed by atoms with Crippen LogP contribution >= 0.6 is 0 Å². The first-order valence-corrected chi connectivity index (χ1v) is 10.9. The number of carbonyl (C=O) groups excluding carboxylic acids is 2. The minimum atomic E-state index is 0.0817. The predicted molar refractivity (Wildman–Crippen MR) is 114 cm³/mol. The number of aromatic nitrogens is 1. The number of carbonyl (C=O) groups is 2. The Balaban J connectivity index is 1.13. The molecule has 7 heteroatoms. The molecule has 0 radical (unpaired) electrons. The number of hydrogen-bond donors (Lipinski definition) is 0. The van der Waals surface area contributed by atoms with Crippen LogP contribution in [0.4, 0.5) is 4.79 Å². The summed E-state index contributed by atoms with van der Waals surface area (Å²) in [6.45, 7) is 4.93. The first-order valence-electron chi connectivity index (χ1n) is 10.9. The second-order valence-electron chi connectivity index (χ2n) is 8.76. The molecule has 7 nitrogen and oxygen atoms in total. The van der Waals surface area contributed by atoms with Gasteiger partial charge in [0, 0.05) is 56.2 Å². The van der Waals surface area contributed by atoms with Crippen molar-refractivity contribution < 1.29 is 19.1 Å². The van der Waals surface area contributed by atoms with Crippen LogP contribution in [-0.2, 0) is 9.53 Å². The van der Waals surface area contributed by atoms with Gasteiger partial charge in [0.25, 0.3) is 0 Å². The van der Waals surface area contributed by atoms with Gasteiger partial charge in [0.05, 0.1) is 6.10 Å². The van der Waals surface area contributed by atoms with Gasteiger partial charge < -0.3 is 19.3 Å². The van der Waals surface area contributed by atoms with Gasteiger partial charge in [0.1, 0.15) is 12.4 Å². The van der Waals surface area contributed by atoms with Crippen molar-refractivity contribution in [1.82, 2.24) is 14.8 Å². The maximum Gasteiger partial charge on any atom is 0.320 e. The molecular weight excluding hydrogens is 394 g/mol. The second kappa shape index (κ2) is 8.30. The van der Waals surface area contributed by atoms with Crippen molar-refractivity contribution >= 4 is 11.8 Å². The highest BCUT2D eigenvalue weighted by molar-refractivity contribution is 5.81. The third-order valence-corrected chi connectivity index (χ3v) is 6.47. The predicted octanol–water partition coefficient (Wildman–Crippen LogP) is 3.38. The quantitative estimate of drug-likeness (QED) is 0.760. The zero-order valence-corrected chi connectivity index (χ0v) is 17.7. The molecule has 162 valence electrons. The van der Waals surface area contributed by atoms with E-state index in [1.807, 2.05) is 47.1 Å². The molecule has 0 aliphatic carbocycles. The van der Waals surface area contributed by atoms with Gasteiger partial charge in [0.2, 0.25) is 5.88 Å². The van der Waals surface area contributed by atoms with Gasteiger partial charge in [-0.3, -0.25) is 4.79 Å². The van der Waals surface area contributed by atoms with Crippen LogP contribution in [0.15, 0.2) is 42.5 Å². The van der Waals surface area contributed by atoms with Crippen molar-refractivity contribution in [2.45, 2.75) is 31.8 Å². The number of fused-ring (bicyclic) bond motifs is 1. The van der Waals surface area contributed by atoms with Gasteiger partial charge in [-0.05, 0) is 37.1 Å². The number of ether oxygens (including phenoxy) is 2. The summed E-state index contributed by atoms with van der Waals surface area (Å²) >= 11 is 0. The number of amides is 2. The monoisotopic (exact) mass is 421 g/mol. The van der Waals surface area contributed by atoms with Gasteiger partial charge in [-0.25, -0.2) is 9.78 Å².